The van der Waals surface area contributed by atoms with Gasteiger partial charge in [-0.25, -0.2) is 9.97 Å². The lowest BCUT2D eigenvalue weighted by atomic mass is 10.1. The van der Waals surface area contributed by atoms with Crippen LogP contribution in [0.5, 0.6) is 0 Å². The maximum atomic E-state index is 5.87. The number of nitrogens with zero attached hydrogens (tertiary/aromatic N) is 2. The molecule has 2 unspecified atom stereocenters. The zero-order valence-corrected chi connectivity index (χ0v) is 12.5. The number of anilines is 1. The molecule has 6 heteroatoms. The lowest BCUT2D eigenvalue weighted by molar-refractivity contribution is 0.592. The van der Waals surface area contributed by atoms with E-state index in [1.54, 1.807) is 6.33 Å². The summed E-state index contributed by atoms with van der Waals surface area (Å²) in [6.45, 7) is 2.23. The lowest BCUT2D eigenvalue weighted by Crippen LogP contribution is -2.26. The predicted octanol–water partition coefficient (Wildman–Crippen LogP) is 2.48. The number of rotatable bonds is 5. The third kappa shape index (κ3) is 2.62. The van der Waals surface area contributed by atoms with E-state index >= 15 is 0 Å². The number of aromatic nitrogens is 3. The summed E-state index contributed by atoms with van der Waals surface area (Å²) < 4.78 is 0. The van der Waals surface area contributed by atoms with Gasteiger partial charge in [0.05, 0.1) is 5.52 Å². The SMILES string of the molecule is CCCSCC1CCC(c2c[nH]c3c(N)ncnc23)N1. The second-order valence-electron chi connectivity index (χ2n) is 5.29. The molecule has 20 heavy (non-hydrogen) atoms. The average molecular weight is 291 g/mol. The Morgan fingerprint density at radius 2 is 2.30 bits per heavy atom. The highest BCUT2D eigenvalue weighted by molar-refractivity contribution is 7.99. The molecule has 0 radical (unpaired) electrons. The number of aromatic amines is 1. The van der Waals surface area contributed by atoms with Crippen molar-refractivity contribution in [1.29, 1.82) is 0 Å². The van der Waals surface area contributed by atoms with Gasteiger partial charge in [-0.2, -0.15) is 11.8 Å². The van der Waals surface area contributed by atoms with Crippen molar-refractivity contribution in [1.82, 2.24) is 20.3 Å². The predicted molar refractivity (Wildman–Crippen MR) is 84.8 cm³/mol. The van der Waals surface area contributed by atoms with Gasteiger partial charge in [0, 0.05) is 29.6 Å². The molecule has 0 amide bonds. The molecule has 4 N–H and O–H groups in total. The minimum Gasteiger partial charge on any atom is -0.382 e. The Bertz CT molecular complexity index is 582. The van der Waals surface area contributed by atoms with Gasteiger partial charge in [0.25, 0.3) is 0 Å². The molecule has 108 valence electrons. The first-order chi connectivity index (χ1) is 9.79. The molecule has 1 fully saturated rings. The van der Waals surface area contributed by atoms with Gasteiger partial charge in [0.15, 0.2) is 5.82 Å². The van der Waals surface area contributed by atoms with E-state index in [1.807, 2.05) is 18.0 Å². The summed E-state index contributed by atoms with van der Waals surface area (Å²) in [6, 6.07) is 0.992. The fraction of sp³-hybridized carbons (Fsp3) is 0.571. The van der Waals surface area contributed by atoms with Crippen LogP contribution in [0.4, 0.5) is 5.82 Å². The third-order valence-corrected chi connectivity index (χ3v) is 5.14. The first-order valence-electron chi connectivity index (χ1n) is 7.20. The molecule has 1 saturated heterocycles. The van der Waals surface area contributed by atoms with E-state index in [1.165, 1.54) is 29.9 Å². The number of fused-ring (bicyclic) bond motifs is 1. The van der Waals surface area contributed by atoms with Crippen molar-refractivity contribution < 1.29 is 0 Å². The Labute approximate surface area is 123 Å². The molecule has 1 aliphatic heterocycles. The summed E-state index contributed by atoms with van der Waals surface area (Å²) in [5.41, 5.74) is 8.90. The molecule has 0 spiro atoms. The summed E-state index contributed by atoms with van der Waals surface area (Å²) in [5.74, 6) is 2.97. The molecule has 5 nitrogen and oxygen atoms in total. The van der Waals surface area contributed by atoms with Crippen molar-refractivity contribution in [2.45, 2.75) is 38.3 Å². The van der Waals surface area contributed by atoms with Crippen LogP contribution in [0.25, 0.3) is 11.0 Å². The Balaban J connectivity index is 1.72. The number of thioether (sulfide) groups is 1. The normalized spacial score (nSPS) is 22.6. The van der Waals surface area contributed by atoms with E-state index in [-0.39, 0.29) is 0 Å². The summed E-state index contributed by atoms with van der Waals surface area (Å²) in [5, 5.41) is 3.72. The Morgan fingerprint density at radius 3 is 3.15 bits per heavy atom. The third-order valence-electron chi connectivity index (χ3n) is 3.81. The Hall–Kier alpha value is -1.27. The van der Waals surface area contributed by atoms with E-state index in [2.05, 4.69) is 27.2 Å². The van der Waals surface area contributed by atoms with Gasteiger partial charge >= 0.3 is 0 Å². The smallest absolute Gasteiger partial charge is 0.151 e. The molecular formula is C14H21N5S. The quantitative estimate of drug-likeness (QED) is 0.738. The maximum Gasteiger partial charge on any atom is 0.151 e. The van der Waals surface area contributed by atoms with Crippen molar-refractivity contribution in [2.75, 3.05) is 17.2 Å². The molecular weight excluding hydrogens is 270 g/mol. The molecule has 2 atom stereocenters. The minimum absolute atomic E-state index is 0.380. The van der Waals surface area contributed by atoms with Crippen LogP contribution in [0.1, 0.15) is 37.8 Å². The van der Waals surface area contributed by atoms with Gasteiger partial charge < -0.3 is 16.0 Å². The van der Waals surface area contributed by atoms with Crippen molar-refractivity contribution in [3.05, 3.63) is 18.1 Å². The monoisotopic (exact) mass is 291 g/mol. The van der Waals surface area contributed by atoms with Crippen LogP contribution >= 0.6 is 11.8 Å². The van der Waals surface area contributed by atoms with E-state index in [4.69, 9.17) is 5.73 Å². The highest BCUT2D eigenvalue weighted by Crippen LogP contribution is 2.32. The average Bonchev–Trinajstić information content (AvgIpc) is 3.06. The fourth-order valence-electron chi connectivity index (χ4n) is 2.81. The summed E-state index contributed by atoms with van der Waals surface area (Å²) in [6.07, 6.45) is 7.20. The first-order valence-corrected chi connectivity index (χ1v) is 8.36. The van der Waals surface area contributed by atoms with E-state index < -0.39 is 0 Å². The number of hydrogen-bond donors (Lipinski definition) is 3. The van der Waals surface area contributed by atoms with Gasteiger partial charge in [0.2, 0.25) is 0 Å². The van der Waals surface area contributed by atoms with Crippen molar-refractivity contribution in [3.8, 4) is 0 Å². The zero-order valence-electron chi connectivity index (χ0n) is 11.7. The topological polar surface area (TPSA) is 79.6 Å². The van der Waals surface area contributed by atoms with Crippen LogP contribution in [-0.2, 0) is 0 Å². The summed E-state index contributed by atoms with van der Waals surface area (Å²) in [4.78, 5) is 11.6. The van der Waals surface area contributed by atoms with Crippen molar-refractivity contribution in [2.24, 2.45) is 0 Å². The van der Waals surface area contributed by atoms with Crippen LogP contribution in [0.15, 0.2) is 12.5 Å². The molecule has 2 aromatic heterocycles. The van der Waals surface area contributed by atoms with Gasteiger partial charge in [0.1, 0.15) is 11.8 Å². The molecule has 0 bridgehead atoms. The Kier molecular flexibility index (Phi) is 4.12. The van der Waals surface area contributed by atoms with Crippen molar-refractivity contribution in [3.63, 3.8) is 0 Å². The molecule has 0 saturated carbocycles. The fourth-order valence-corrected chi connectivity index (χ4v) is 3.81. The number of nitrogen functional groups attached to an aromatic ring is 1. The Morgan fingerprint density at radius 1 is 1.40 bits per heavy atom. The molecule has 3 heterocycles. The van der Waals surface area contributed by atoms with Gasteiger partial charge in [-0.15, -0.1) is 0 Å². The van der Waals surface area contributed by atoms with Crippen LogP contribution < -0.4 is 11.1 Å². The summed E-state index contributed by atoms with van der Waals surface area (Å²) >= 11 is 2.04. The zero-order chi connectivity index (χ0) is 13.9. The second kappa shape index (κ2) is 6.01. The maximum absolute atomic E-state index is 5.87. The molecule has 0 aliphatic carbocycles. The van der Waals surface area contributed by atoms with E-state index in [0.29, 0.717) is 17.9 Å². The summed E-state index contributed by atoms with van der Waals surface area (Å²) in [7, 11) is 0. The number of nitrogens with two attached hydrogens (primary N) is 1. The van der Waals surface area contributed by atoms with E-state index in [9.17, 15) is 0 Å². The lowest BCUT2D eigenvalue weighted by Gasteiger charge is -2.13. The van der Waals surface area contributed by atoms with Gasteiger partial charge in [-0.05, 0) is 25.0 Å². The molecule has 2 aromatic rings. The van der Waals surface area contributed by atoms with Crippen LogP contribution in [0.2, 0.25) is 0 Å². The number of hydrogen-bond acceptors (Lipinski definition) is 5. The standard InChI is InChI=1S/C14H21N5S/c1-2-5-20-7-9-3-4-11(19-9)10-6-16-13-12(10)17-8-18-14(13)15/h6,8-9,11,16,19H,2-5,7H2,1H3,(H2,15,17,18). The van der Waals surface area contributed by atoms with Crippen molar-refractivity contribution >= 4 is 28.6 Å². The number of H-pyrrole nitrogens is 1. The van der Waals surface area contributed by atoms with Crippen LogP contribution in [0, 0.1) is 0 Å². The van der Waals surface area contributed by atoms with Crippen LogP contribution in [0.3, 0.4) is 0 Å². The van der Waals surface area contributed by atoms with E-state index in [0.717, 1.165) is 17.5 Å². The highest BCUT2D eigenvalue weighted by atomic mass is 32.2. The van der Waals surface area contributed by atoms with Gasteiger partial charge in [-0.3, -0.25) is 0 Å². The molecule has 0 aromatic carbocycles. The minimum atomic E-state index is 0.380. The number of nitrogens with one attached hydrogen (secondary N) is 2. The second-order valence-corrected chi connectivity index (χ2v) is 6.44. The highest BCUT2D eigenvalue weighted by Gasteiger charge is 2.27. The first kappa shape index (κ1) is 13.7. The largest absolute Gasteiger partial charge is 0.382 e. The van der Waals surface area contributed by atoms with Crippen LogP contribution in [-0.4, -0.2) is 32.5 Å². The molecule has 3 rings (SSSR count). The molecule has 1 aliphatic rings. The van der Waals surface area contributed by atoms with Gasteiger partial charge in [-0.1, -0.05) is 6.92 Å².